The van der Waals surface area contributed by atoms with Gasteiger partial charge in [-0.05, 0) is 44.0 Å². The summed E-state index contributed by atoms with van der Waals surface area (Å²) in [7, 11) is 0. The second-order valence-corrected chi connectivity index (χ2v) is 8.00. The second kappa shape index (κ2) is 12.5. The predicted molar refractivity (Wildman–Crippen MR) is 134 cm³/mol. The molecule has 33 heavy (non-hydrogen) atoms. The Kier molecular flexibility index (Phi) is 9.74. The van der Waals surface area contributed by atoms with Gasteiger partial charge in [0, 0.05) is 17.1 Å². The number of rotatable bonds is 8. The zero-order valence-electron chi connectivity index (χ0n) is 20.3. The lowest BCUT2D eigenvalue weighted by Crippen LogP contribution is -2.18. The van der Waals surface area contributed by atoms with E-state index in [1.807, 2.05) is 13.8 Å². The number of benzene rings is 3. The minimum absolute atomic E-state index is 0.0858. The summed E-state index contributed by atoms with van der Waals surface area (Å²) >= 11 is 0. The van der Waals surface area contributed by atoms with Crippen LogP contribution in [0.2, 0.25) is 0 Å². The summed E-state index contributed by atoms with van der Waals surface area (Å²) in [6.45, 7) is 14.5. The number of esters is 1. The molecule has 0 saturated carbocycles. The highest BCUT2D eigenvalue weighted by Gasteiger charge is 2.21. The first-order valence-corrected chi connectivity index (χ1v) is 11.2. The molecule has 3 aromatic rings. The summed E-state index contributed by atoms with van der Waals surface area (Å²) in [5.41, 5.74) is 3.15. The van der Waals surface area contributed by atoms with E-state index in [9.17, 15) is 4.79 Å². The topological polar surface area (TPSA) is 44.8 Å². The summed E-state index contributed by atoms with van der Waals surface area (Å²) in [5, 5.41) is 0. The van der Waals surface area contributed by atoms with Crippen LogP contribution in [0.3, 0.4) is 0 Å². The predicted octanol–water partition coefficient (Wildman–Crippen LogP) is 6.98. The van der Waals surface area contributed by atoms with E-state index in [-0.39, 0.29) is 5.41 Å². The van der Waals surface area contributed by atoms with E-state index in [4.69, 9.17) is 14.2 Å². The highest BCUT2D eigenvalue weighted by molar-refractivity contribution is 5.88. The van der Waals surface area contributed by atoms with Gasteiger partial charge >= 0.3 is 5.97 Å². The van der Waals surface area contributed by atoms with Gasteiger partial charge in [0.05, 0.1) is 13.2 Å². The molecule has 4 nitrogen and oxygen atoms in total. The van der Waals surface area contributed by atoms with Crippen LogP contribution in [-0.4, -0.2) is 19.2 Å². The maximum Gasteiger partial charge on any atom is 0.338 e. The molecule has 174 valence electrons. The Morgan fingerprint density at radius 2 is 1.27 bits per heavy atom. The molecule has 0 aliphatic rings. The molecule has 0 spiro atoms. The van der Waals surface area contributed by atoms with Crippen LogP contribution in [0.5, 0.6) is 17.2 Å². The van der Waals surface area contributed by atoms with Crippen LogP contribution in [0.4, 0.5) is 0 Å². The molecule has 0 unspecified atom stereocenters. The van der Waals surface area contributed by atoms with Crippen molar-refractivity contribution >= 4 is 5.97 Å². The van der Waals surface area contributed by atoms with Crippen LogP contribution >= 0.6 is 0 Å². The number of ether oxygens (including phenoxy) is 3. The number of hydrogen-bond acceptors (Lipinski definition) is 4. The van der Waals surface area contributed by atoms with E-state index in [0.29, 0.717) is 36.0 Å². The summed E-state index contributed by atoms with van der Waals surface area (Å²) in [6.07, 6.45) is 0. The maximum absolute atomic E-state index is 11.4. The molecule has 4 heteroatoms. The first kappa shape index (κ1) is 25.7. The van der Waals surface area contributed by atoms with Crippen molar-refractivity contribution in [1.82, 2.24) is 0 Å². The third-order valence-electron chi connectivity index (χ3n) is 5.06. The molecule has 0 atom stereocenters. The van der Waals surface area contributed by atoms with E-state index >= 15 is 0 Å². The highest BCUT2D eigenvalue weighted by atomic mass is 16.5. The zero-order valence-corrected chi connectivity index (χ0v) is 20.3. The summed E-state index contributed by atoms with van der Waals surface area (Å²) < 4.78 is 16.0. The van der Waals surface area contributed by atoms with Gasteiger partial charge in [-0.1, -0.05) is 81.1 Å². The van der Waals surface area contributed by atoms with Crippen LogP contribution in [0.25, 0.3) is 0 Å². The molecule has 0 aliphatic heterocycles. The molecule has 0 heterocycles. The van der Waals surface area contributed by atoms with Gasteiger partial charge in [-0.2, -0.15) is 0 Å². The van der Waals surface area contributed by atoms with E-state index in [1.54, 1.807) is 25.1 Å². The summed E-state index contributed by atoms with van der Waals surface area (Å²) in [5.74, 6) is 1.15. The number of carbonyl (C=O) groups is 1. The Bertz CT molecular complexity index is 983. The minimum atomic E-state index is -0.457. The summed E-state index contributed by atoms with van der Waals surface area (Å²) in [6, 6.07) is 26.3. The second-order valence-electron chi connectivity index (χ2n) is 8.00. The molecular formula is C29H34O4. The van der Waals surface area contributed by atoms with Gasteiger partial charge in [-0.3, -0.25) is 0 Å². The van der Waals surface area contributed by atoms with Gasteiger partial charge in [0.1, 0.15) is 5.75 Å². The molecule has 0 N–H and O–H groups in total. The molecule has 0 saturated heterocycles. The van der Waals surface area contributed by atoms with Gasteiger partial charge < -0.3 is 14.2 Å². The van der Waals surface area contributed by atoms with Crippen LogP contribution in [0.1, 0.15) is 45.7 Å². The molecule has 0 aromatic heterocycles. The Hall–Kier alpha value is -3.53. The largest absolute Gasteiger partial charge is 0.490 e. The van der Waals surface area contributed by atoms with Crippen molar-refractivity contribution in [3.63, 3.8) is 0 Å². The normalized spacial score (nSPS) is 10.5. The first-order valence-electron chi connectivity index (χ1n) is 11.2. The molecule has 0 aliphatic carbocycles. The highest BCUT2D eigenvalue weighted by Crippen LogP contribution is 2.32. The van der Waals surface area contributed by atoms with E-state index < -0.39 is 5.97 Å². The van der Waals surface area contributed by atoms with Gasteiger partial charge in [0.15, 0.2) is 11.5 Å². The lowest BCUT2D eigenvalue weighted by Gasteiger charge is -2.25. The third kappa shape index (κ3) is 7.53. The lowest BCUT2D eigenvalue weighted by atomic mass is 9.78. The smallest absolute Gasteiger partial charge is 0.338 e. The van der Waals surface area contributed by atoms with Crippen LogP contribution < -0.4 is 14.2 Å². The van der Waals surface area contributed by atoms with E-state index in [2.05, 4.69) is 81.1 Å². The van der Waals surface area contributed by atoms with Gasteiger partial charge in [-0.25, -0.2) is 4.79 Å². The average molecular weight is 447 g/mol. The van der Waals surface area contributed by atoms with Crippen LogP contribution in [0, 0.1) is 0 Å². The maximum atomic E-state index is 11.4. The quantitative estimate of drug-likeness (QED) is 0.213. The first-order chi connectivity index (χ1) is 15.8. The molecule has 0 fully saturated rings. The molecule has 3 rings (SSSR count). The van der Waals surface area contributed by atoms with E-state index in [0.717, 1.165) is 0 Å². The molecule has 0 radical (unpaired) electrons. The van der Waals surface area contributed by atoms with Gasteiger partial charge in [0.2, 0.25) is 0 Å². The monoisotopic (exact) mass is 446 g/mol. The fraction of sp³-hybridized carbons (Fsp3) is 0.276. The standard InChI is InChI=1S/C15H16.C14H18O4/c1-15(2,13-9-5-3-6-10-13)14-11-7-4-8-12-14;1-5-16-12-8-7-11(9-13(12)17-6-2)18-14(15)10(3)4/h3-12H,1-2H3;7-9H,3,5-6H2,1-2,4H3. The van der Waals surface area contributed by atoms with Crippen molar-refractivity contribution in [3.05, 3.63) is 102 Å². The summed E-state index contributed by atoms with van der Waals surface area (Å²) in [4.78, 5) is 11.4. The minimum Gasteiger partial charge on any atom is -0.490 e. The molecule has 0 bridgehead atoms. The SMILES string of the molecule is C=C(C)C(=O)Oc1ccc(OCC)c(OCC)c1.CC(C)(c1ccccc1)c1ccccc1. The van der Waals surface area contributed by atoms with Crippen molar-refractivity contribution in [2.45, 2.75) is 40.0 Å². The lowest BCUT2D eigenvalue weighted by molar-refractivity contribution is -0.130. The van der Waals surface area contributed by atoms with E-state index in [1.165, 1.54) is 11.1 Å². The van der Waals surface area contributed by atoms with Crippen LogP contribution in [0.15, 0.2) is 91.0 Å². The van der Waals surface area contributed by atoms with Gasteiger partial charge in [-0.15, -0.1) is 0 Å². The Labute approximate surface area is 197 Å². The third-order valence-corrected chi connectivity index (χ3v) is 5.06. The molecule has 3 aromatic carbocycles. The van der Waals surface area contributed by atoms with Crippen molar-refractivity contribution in [1.29, 1.82) is 0 Å². The average Bonchev–Trinajstić information content (AvgIpc) is 2.82. The van der Waals surface area contributed by atoms with Crippen molar-refractivity contribution in [2.75, 3.05) is 13.2 Å². The van der Waals surface area contributed by atoms with Crippen LogP contribution in [-0.2, 0) is 10.2 Å². The fourth-order valence-electron chi connectivity index (χ4n) is 3.17. The number of hydrogen-bond donors (Lipinski definition) is 0. The van der Waals surface area contributed by atoms with Gasteiger partial charge in [0.25, 0.3) is 0 Å². The Balaban J connectivity index is 0.000000237. The van der Waals surface area contributed by atoms with Crippen molar-refractivity contribution in [2.24, 2.45) is 0 Å². The van der Waals surface area contributed by atoms with Crippen molar-refractivity contribution < 1.29 is 19.0 Å². The Morgan fingerprint density at radius 3 is 1.73 bits per heavy atom. The fourth-order valence-corrected chi connectivity index (χ4v) is 3.17. The number of carbonyl (C=O) groups excluding carboxylic acids is 1. The molecular weight excluding hydrogens is 412 g/mol. The zero-order chi connectivity index (χ0) is 24.3. The van der Waals surface area contributed by atoms with Crippen molar-refractivity contribution in [3.8, 4) is 17.2 Å². The molecule has 0 amide bonds. The Morgan fingerprint density at radius 1 is 0.788 bits per heavy atom.